The van der Waals surface area contributed by atoms with Gasteiger partial charge in [0.25, 0.3) is 0 Å². The molecule has 0 N–H and O–H groups in total. The molecule has 0 unspecified atom stereocenters. The highest BCUT2D eigenvalue weighted by Gasteiger charge is 2.45. The van der Waals surface area contributed by atoms with E-state index in [4.69, 9.17) is 5.26 Å². The third kappa shape index (κ3) is 3.84. The average molecular weight is 339 g/mol. The second-order valence-corrected chi connectivity index (χ2v) is 7.37. The summed E-state index contributed by atoms with van der Waals surface area (Å²) in [6.07, 6.45) is 3.68. The first-order chi connectivity index (χ1) is 12.0. The summed E-state index contributed by atoms with van der Waals surface area (Å²) >= 11 is 0. The minimum absolute atomic E-state index is 0.0192. The maximum Gasteiger partial charge on any atom is 0.245 e. The van der Waals surface area contributed by atoms with Gasteiger partial charge >= 0.3 is 0 Å². The van der Waals surface area contributed by atoms with Crippen molar-refractivity contribution in [2.24, 2.45) is 11.8 Å². The molecule has 2 fully saturated rings. The molecule has 0 spiro atoms. The van der Waals surface area contributed by atoms with Crippen molar-refractivity contribution in [1.82, 2.24) is 9.80 Å². The largest absolute Gasteiger partial charge is 0.340 e. The van der Waals surface area contributed by atoms with Crippen molar-refractivity contribution in [3.05, 3.63) is 35.4 Å². The van der Waals surface area contributed by atoms with Crippen LogP contribution in [-0.2, 0) is 16.1 Å². The van der Waals surface area contributed by atoms with E-state index in [1.165, 1.54) is 0 Å². The number of carbonyl (C=O) groups is 2. The van der Waals surface area contributed by atoms with Gasteiger partial charge in [-0.1, -0.05) is 19.1 Å². The molecule has 5 nitrogen and oxygen atoms in total. The van der Waals surface area contributed by atoms with E-state index in [9.17, 15) is 9.59 Å². The lowest BCUT2D eigenvalue weighted by Gasteiger charge is -2.37. The molecular formula is C20H25N3O2. The normalized spacial score (nSPS) is 25.2. The lowest BCUT2D eigenvalue weighted by molar-refractivity contribution is -0.148. The molecule has 0 aromatic heterocycles. The molecule has 1 aliphatic heterocycles. The van der Waals surface area contributed by atoms with Crippen LogP contribution in [0, 0.1) is 23.2 Å². The minimum atomic E-state index is -0.322. The highest BCUT2D eigenvalue weighted by molar-refractivity contribution is 5.89. The Morgan fingerprint density at radius 2 is 1.96 bits per heavy atom. The van der Waals surface area contributed by atoms with Crippen LogP contribution >= 0.6 is 0 Å². The maximum absolute atomic E-state index is 12.9. The molecule has 3 rings (SSSR count). The zero-order chi connectivity index (χ0) is 18.0. The summed E-state index contributed by atoms with van der Waals surface area (Å²) in [5.74, 6) is 0.766. The fourth-order valence-corrected chi connectivity index (χ4v) is 3.62. The van der Waals surface area contributed by atoms with E-state index in [-0.39, 0.29) is 23.8 Å². The predicted molar refractivity (Wildman–Crippen MR) is 94.3 cm³/mol. The first kappa shape index (κ1) is 17.5. The molecule has 3 atom stereocenters. The van der Waals surface area contributed by atoms with Crippen LogP contribution in [-0.4, -0.2) is 41.2 Å². The number of piperidine rings is 1. The van der Waals surface area contributed by atoms with Crippen molar-refractivity contribution >= 4 is 11.8 Å². The van der Waals surface area contributed by atoms with Gasteiger partial charge in [0.05, 0.1) is 11.6 Å². The van der Waals surface area contributed by atoms with Gasteiger partial charge in [-0.05, 0) is 49.3 Å². The molecule has 132 valence electrons. The van der Waals surface area contributed by atoms with Gasteiger partial charge in [0, 0.05) is 26.1 Å². The summed E-state index contributed by atoms with van der Waals surface area (Å²) in [7, 11) is 1.79. The highest BCUT2D eigenvalue weighted by Crippen LogP contribution is 2.40. The van der Waals surface area contributed by atoms with Gasteiger partial charge < -0.3 is 9.80 Å². The third-order valence-corrected chi connectivity index (χ3v) is 5.38. The van der Waals surface area contributed by atoms with Crippen LogP contribution in [0.1, 0.15) is 43.7 Å². The zero-order valence-corrected chi connectivity index (χ0v) is 14.9. The molecule has 1 heterocycles. The quantitative estimate of drug-likeness (QED) is 0.847. The van der Waals surface area contributed by atoms with Gasteiger partial charge in [-0.2, -0.15) is 5.26 Å². The van der Waals surface area contributed by atoms with Crippen LogP contribution in [0.5, 0.6) is 0 Å². The van der Waals surface area contributed by atoms with E-state index in [0.29, 0.717) is 24.6 Å². The summed E-state index contributed by atoms with van der Waals surface area (Å²) in [6, 6.07) is 9.04. The molecule has 1 aliphatic carbocycles. The standard InChI is InChI=1S/C20H25N3O2/c1-14-11-17(14)19(24)23-10-4-3-5-18(23)20(25)22(2)13-16-8-6-15(12-21)7-9-16/h6-9,14,17-18H,3-5,10-11,13H2,1-2H3/t14-,17-,18+/m1/s1. The molecule has 0 bridgehead atoms. The smallest absolute Gasteiger partial charge is 0.245 e. The van der Waals surface area contributed by atoms with Gasteiger partial charge in [0.15, 0.2) is 0 Å². The van der Waals surface area contributed by atoms with Crippen molar-refractivity contribution in [1.29, 1.82) is 5.26 Å². The molecule has 1 saturated carbocycles. The molecule has 1 saturated heterocycles. The van der Waals surface area contributed by atoms with Crippen molar-refractivity contribution in [3.8, 4) is 6.07 Å². The van der Waals surface area contributed by atoms with E-state index in [1.807, 2.05) is 17.0 Å². The number of nitriles is 1. The molecular weight excluding hydrogens is 314 g/mol. The summed E-state index contributed by atoms with van der Waals surface area (Å²) in [5.41, 5.74) is 1.60. The first-order valence-corrected chi connectivity index (χ1v) is 9.05. The average Bonchev–Trinajstić information content (AvgIpc) is 3.37. The monoisotopic (exact) mass is 339 g/mol. The van der Waals surface area contributed by atoms with Crippen LogP contribution in [0.4, 0.5) is 0 Å². The Balaban J connectivity index is 1.66. The van der Waals surface area contributed by atoms with Crippen LogP contribution in [0.3, 0.4) is 0 Å². The molecule has 1 aromatic rings. The Hall–Kier alpha value is -2.35. The minimum Gasteiger partial charge on any atom is -0.340 e. The van der Waals surface area contributed by atoms with Crippen LogP contribution in [0.15, 0.2) is 24.3 Å². The molecule has 2 amide bonds. The predicted octanol–water partition coefficient (Wildman–Crippen LogP) is 2.55. The molecule has 1 aromatic carbocycles. The van der Waals surface area contributed by atoms with E-state index in [1.54, 1.807) is 24.1 Å². The third-order valence-electron chi connectivity index (χ3n) is 5.38. The summed E-state index contributed by atoms with van der Waals surface area (Å²) in [4.78, 5) is 29.1. The fraction of sp³-hybridized carbons (Fsp3) is 0.550. The first-order valence-electron chi connectivity index (χ1n) is 9.05. The molecule has 5 heteroatoms. The van der Waals surface area contributed by atoms with Gasteiger partial charge in [-0.25, -0.2) is 0 Å². The van der Waals surface area contributed by atoms with E-state index < -0.39 is 0 Å². The highest BCUT2D eigenvalue weighted by atomic mass is 16.2. The summed E-state index contributed by atoms with van der Waals surface area (Å²) < 4.78 is 0. The second-order valence-electron chi connectivity index (χ2n) is 7.37. The van der Waals surface area contributed by atoms with Crippen LogP contribution < -0.4 is 0 Å². The number of rotatable bonds is 4. The number of amides is 2. The van der Waals surface area contributed by atoms with Gasteiger partial charge in [-0.3, -0.25) is 9.59 Å². The van der Waals surface area contributed by atoms with Crippen LogP contribution in [0.25, 0.3) is 0 Å². The Morgan fingerprint density at radius 3 is 2.56 bits per heavy atom. The number of nitrogens with zero attached hydrogens (tertiary/aromatic N) is 3. The summed E-state index contributed by atoms with van der Waals surface area (Å²) in [6.45, 7) is 3.28. The van der Waals surface area contributed by atoms with E-state index in [2.05, 4.69) is 13.0 Å². The number of benzene rings is 1. The van der Waals surface area contributed by atoms with Gasteiger partial charge in [0.1, 0.15) is 6.04 Å². The number of likely N-dealkylation sites (N-methyl/N-ethyl adjacent to an activating group) is 1. The van der Waals surface area contributed by atoms with Gasteiger partial charge in [-0.15, -0.1) is 0 Å². The SMILES string of the molecule is C[C@@H]1C[C@H]1C(=O)N1CCCC[C@H]1C(=O)N(C)Cc1ccc(C#N)cc1. The van der Waals surface area contributed by atoms with Crippen LogP contribution in [0.2, 0.25) is 0 Å². The molecule has 0 radical (unpaired) electrons. The van der Waals surface area contributed by atoms with Crippen molar-refractivity contribution < 1.29 is 9.59 Å². The maximum atomic E-state index is 12.9. The topological polar surface area (TPSA) is 64.4 Å². The lowest BCUT2D eigenvalue weighted by Crippen LogP contribution is -2.52. The van der Waals surface area contributed by atoms with Crippen molar-refractivity contribution in [2.45, 2.75) is 45.2 Å². The fourth-order valence-electron chi connectivity index (χ4n) is 3.62. The molecule has 25 heavy (non-hydrogen) atoms. The number of hydrogen-bond donors (Lipinski definition) is 0. The number of carbonyl (C=O) groups excluding carboxylic acids is 2. The lowest BCUT2D eigenvalue weighted by atomic mass is 9.99. The summed E-state index contributed by atoms with van der Waals surface area (Å²) in [5, 5.41) is 8.87. The Kier molecular flexibility index (Phi) is 5.08. The van der Waals surface area contributed by atoms with Crippen molar-refractivity contribution in [3.63, 3.8) is 0 Å². The van der Waals surface area contributed by atoms with E-state index in [0.717, 1.165) is 31.2 Å². The van der Waals surface area contributed by atoms with Crippen molar-refractivity contribution in [2.75, 3.05) is 13.6 Å². The van der Waals surface area contributed by atoms with E-state index >= 15 is 0 Å². The Bertz CT molecular complexity index is 692. The second kappa shape index (κ2) is 7.26. The Morgan fingerprint density at radius 1 is 1.28 bits per heavy atom. The zero-order valence-electron chi connectivity index (χ0n) is 14.9. The number of likely N-dealkylation sites (tertiary alicyclic amines) is 1. The number of hydrogen-bond acceptors (Lipinski definition) is 3. The molecule has 2 aliphatic rings. The Labute approximate surface area is 149 Å². The van der Waals surface area contributed by atoms with Gasteiger partial charge in [0.2, 0.25) is 11.8 Å².